The zero-order valence-electron chi connectivity index (χ0n) is 6.57. The zero-order chi connectivity index (χ0) is 7.84. The summed E-state index contributed by atoms with van der Waals surface area (Å²) in [6.45, 7) is 1.90. The molecule has 0 atom stereocenters. The molecule has 0 spiro atoms. The highest BCUT2D eigenvalue weighted by Crippen LogP contribution is 2.08. The van der Waals surface area contributed by atoms with Crippen molar-refractivity contribution in [1.82, 2.24) is 4.98 Å². The third-order valence-corrected chi connectivity index (χ3v) is 1.68. The number of halogens is 1. The summed E-state index contributed by atoms with van der Waals surface area (Å²) in [4.78, 5) is 2.87. The summed E-state index contributed by atoms with van der Waals surface area (Å²) in [7, 11) is 0. The van der Waals surface area contributed by atoms with Gasteiger partial charge in [0.1, 0.15) is 0 Å². The van der Waals surface area contributed by atoms with Crippen LogP contribution in [-0.2, 0) is 0 Å². The largest absolute Gasteiger partial charge is 0.711 e. The van der Waals surface area contributed by atoms with Crippen molar-refractivity contribution in [3.05, 3.63) is 35.3 Å². The first-order chi connectivity index (χ1) is 5.27. The number of aryl methyl sites for hydroxylation is 1. The summed E-state index contributed by atoms with van der Waals surface area (Å²) in [5, 5.41) is 12.1. The summed E-state index contributed by atoms with van der Waals surface area (Å²) >= 11 is 0. The Labute approximate surface area is 76.0 Å². The average molecular weight is 185 g/mol. The monoisotopic (exact) mass is 184 g/mol. The van der Waals surface area contributed by atoms with Crippen molar-refractivity contribution in [2.24, 2.45) is 0 Å². The van der Waals surface area contributed by atoms with Crippen molar-refractivity contribution < 1.29 is 4.73 Å². The Morgan fingerprint density at radius 1 is 1.50 bits per heavy atom. The molecule has 12 heavy (non-hydrogen) atoms. The lowest BCUT2D eigenvalue weighted by Crippen LogP contribution is -2.26. The highest BCUT2D eigenvalue weighted by molar-refractivity contribution is 5.85. The molecule has 64 valence electrons. The van der Waals surface area contributed by atoms with E-state index in [1.165, 1.54) is 0 Å². The maximum Gasteiger partial charge on any atom is 0.289 e. The molecule has 0 bridgehead atoms. The molecule has 2 rings (SSSR count). The maximum atomic E-state index is 11.1. The molecule has 2 heterocycles. The number of fused-ring (bicyclic) bond motifs is 1. The first-order valence-corrected chi connectivity index (χ1v) is 3.44. The van der Waals surface area contributed by atoms with Gasteiger partial charge in [-0.05, 0) is 24.6 Å². The molecule has 0 aromatic carbocycles. The Morgan fingerprint density at radius 2 is 2.25 bits per heavy atom. The van der Waals surface area contributed by atoms with Crippen LogP contribution in [0.25, 0.3) is 11.0 Å². The van der Waals surface area contributed by atoms with Gasteiger partial charge in [-0.2, -0.15) is 0 Å². The van der Waals surface area contributed by atoms with E-state index >= 15 is 0 Å². The maximum absolute atomic E-state index is 11.1. The van der Waals surface area contributed by atoms with Gasteiger partial charge in [0, 0.05) is 0 Å². The lowest BCUT2D eigenvalue weighted by molar-refractivity contribution is -0.579. The molecule has 3 nitrogen and oxygen atoms in total. The SMILES string of the molecule is Cc1cc2cc[nH]c2[n+]([O-])c1.Cl. The third kappa shape index (κ3) is 1.23. The molecule has 4 heteroatoms. The van der Waals surface area contributed by atoms with Gasteiger partial charge in [0.05, 0.1) is 17.8 Å². The Kier molecular flexibility index (Phi) is 2.24. The number of H-pyrrole nitrogens is 1. The molecule has 0 unspecified atom stereocenters. The normalized spacial score (nSPS) is 9.75. The first-order valence-electron chi connectivity index (χ1n) is 3.44. The Balaban J connectivity index is 0.000000720. The van der Waals surface area contributed by atoms with E-state index < -0.39 is 0 Å². The molecule has 0 saturated carbocycles. The Hall–Kier alpha value is -1.22. The van der Waals surface area contributed by atoms with Gasteiger partial charge in [-0.1, -0.05) is 0 Å². The molecular weight excluding hydrogens is 176 g/mol. The first kappa shape index (κ1) is 8.87. The van der Waals surface area contributed by atoms with E-state index in [1.807, 2.05) is 19.1 Å². The second-order valence-corrected chi connectivity index (χ2v) is 2.62. The van der Waals surface area contributed by atoms with E-state index in [1.54, 1.807) is 12.4 Å². The minimum absolute atomic E-state index is 0. The number of hydrogen-bond acceptors (Lipinski definition) is 1. The van der Waals surface area contributed by atoms with E-state index in [-0.39, 0.29) is 12.4 Å². The topological polar surface area (TPSA) is 42.7 Å². The van der Waals surface area contributed by atoms with Gasteiger partial charge in [0.15, 0.2) is 0 Å². The van der Waals surface area contributed by atoms with Gasteiger partial charge in [0.2, 0.25) is 0 Å². The van der Waals surface area contributed by atoms with Crippen LogP contribution in [0.2, 0.25) is 0 Å². The van der Waals surface area contributed by atoms with E-state index in [9.17, 15) is 5.21 Å². The van der Waals surface area contributed by atoms with Crippen molar-refractivity contribution in [1.29, 1.82) is 0 Å². The smallest absolute Gasteiger partial charge is 0.289 e. The van der Waals surface area contributed by atoms with E-state index in [0.29, 0.717) is 5.65 Å². The fourth-order valence-electron chi connectivity index (χ4n) is 1.21. The van der Waals surface area contributed by atoms with Crippen LogP contribution in [0.1, 0.15) is 5.56 Å². The number of nitrogens with one attached hydrogen (secondary N) is 1. The number of pyridine rings is 1. The van der Waals surface area contributed by atoms with Gasteiger partial charge in [-0.3, -0.25) is 0 Å². The van der Waals surface area contributed by atoms with Crippen molar-refractivity contribution in [2.75, 3.05) is 0 Å². The number of nitrogens with zero attached hydrogens (tertiary/aromatic N) is 1. The van der Waals surface area contributed by atoms with Crippen LogP contribution >= 0.6 is 12.4 Å². The lowest BCUT2D eigenvalue weighted by Gasteiger charge is -2.02. The van der Waals surface area contributed by atoms with Crippen molar-refractivity contribution in [3.63, 3.8) is 0 Å². The van der Waals surface area contributed by atoms with Crippen LogP contribution in [0.5, 0.6) is 0 Å². The van der Waals surface area contributed by atoms with Crippen LogP contribution in [-0.4, -0.2) is 4.98 Å². The van der Waals surface area contributed by atoms with Crippen LogP contribution in [0.4, 0.5) is 0 Å². The van der Waals surface area contributed by atoms with E-state index in [4.69, 9.17) is 0 Å². The molecule has 0 radical (unpaired) electrons. The van der Waals surface area contributed by atoms with Gasteiger partial charge < -0.3 is 5.21 Å². The quantitative estimate of drug-likeness (QED) is 0.490. The third-order valence-electron chi connectivity index (χ3n) is 1.68. The summed E-state index contributed by atoms with van der Waals surface area (Å²) in [5.41, 5.74) is 1.60. The molecule has 2 aromatic rings. The van der Waals surface area contributed by atoms with Crippen molar-refractivity contribution in [3.8, 4) is 0 Å². The standard InChI is InChI=1S/C8H8N2O.ClH/c1-6-4-7-2-3-9-8(7)10(11)5-6;/h2-5,9H,1H3;1H. The van der Waals surface area contributed by atoms with Crippen molar-refractivity contribution >= 4 is 23.4 Å². The second-order valence-electron chi connectivity index (χ2n) is 2.62. The van der Waals surface area contributed by atoms with Crippen LogP contribution in [0, 0.1) is 12.1 Å². The Bertz CT molecular complexity index is 397. The summed E-state index contributed by atoms with van der Waals surface area (Å²) < 4.78 is 0.852. The zero-order valence-corrected chi connectivity index (χ0v) is 7.39. The average Bonchev–Trinajstić information content (AvgIpc) is 2.34. The van der Waals surface area contributed by atoms with Crippen molar-refractivity contribution in [2.45, 2.75) is 6.92 Å². The number of rotatable bonds is 0. The highest BCUT2D eigenvalue weighted by Gasteiger charge is 2.02. The molecular formula is C8H9ClN2O. The molecule has 0 aliphatic carbocycles. The Morgan fingerprint density at radius 3 is 3.00 bits per heavy atom. The van der Waals surface area contributed by atoms with E-state index in [0.717, 1.165) is 15.7 Å². The van der Waals surface area contributed by atoms with Gasteiger partial charge in [-0.25, -0.2) is 9.71 Å². The molecule has 0 fully saturated rings. The summed E-state index contributed by atoms with van der Waals surface area (Å²) in [6.07, 6.45) is 3.32. The molecule has 0 aliphatic heterocycles. The minimum atomic E-state index is 0. The van der Waals surface area contributed by atoms with Crippen LogP contribution in [0.15, 0.2) is 24.5 Å². The molecule has 0 amide bonds. The highest BCUT2D eigenvalue weighted by atomic mass is 35.5. The minimum Gasteiger partial charge on any atom is -0.711 e. The number of aromatic amines is 1. The molecule has 0 aliphatic rings. The molecule has 1 N–H and O–H groups in total. The van der Waals surface area contributed by atoms with Gasteiger partial charge >= 0.3 is 0 Å². The fourth-order valence-corrected chi connectivity index (χ4v) is 1.21. The predicted octanol–water partition coefficient (Wildman–Crippen LogP) is 1.53. The number of aromatic nitrogens is 2. The molecule has 2 aromatic heterocycles. The predicted molar refractivity (Wildman–Crippen MR) is 49.2 cm³/mol. The second kappa shape index (κ2) is 3.03. The summed E-state index contributed by atoms with van der Waals surface area (Å²) in [5.74, 6) is 0. The van der Waals surface area contributed by atoms with Crippen LogP contribution < -0.4 is 4.73 Å². The molecule has 0 saturated heterocycles. The van der Waals surface area contributed by atoms with E-state index in [2.05, 4.69) is 4.98 Å². The van der Waals surface area contributed by atoms with Crippen LogP contribution in [0.3, 0.4) is 0 Å². The fraction of sp³-hybridized carbons (Fsp3) is 0.125. The summed E-state index contributed by atoms with van der Waals surface area (Å²) in [6, 6.07) is 3.86. The van der Waals surface area contributed by atoms with Gasteiger partial charge in [0.25, 0.3) is 5.65 Å². The van der Waals surface area contributed by atoms with Gasteiger partial charge in [-0.15, -0.1) is 12.4 Å². The number of hydrogen-bond donors (Lipinski definition) is 1. The lowest BCUT2D eigenvalue weighted by atomic mass is 10.2.